The third-order valence-electron chi connectivity index (χ3n) is 4.61. The second-order valence-corrected chi connectivity index (χ2v) is 6.64. The molecular formula is C17H27FN2. The van der Waals surface area contributed by atoms with Gasteiger partial charge in [-0.15, -0.1) is 0 Å². The van der Waals surface area contributed by atoms with Crippen LogP contribution in [-0.4, -0.2) is 29.6 Å². The molecule has 0 spiro atoms. The van der Waals surface area contributed by atoms with E-state index in [1.54, 1.807) is 12.1 Å². The predicted molar refractivity (Wildman–Crippen MR) is 82.1 cm³/mol. The van der Waals surface area contributed by atoms with Crippen LogP contribution in [0.3, 0.4) is 0 Å². The zero-order valence-corrected chi connectivity index (χ0v) is 13.1. The van der Waals surface area contributed by atoms with E-state index < -0.39 is 0 Å². The molecule has 2 unspecified atom stereocenters. The van der Waals surface area contributed by atoms with Crippen molar-refractivity contribution in [1.82, 2.24) is 10.2 Å². The van der Waals surface area contributed by atoms with Gasteiger partial charge in [-0.25, -0.2) is 4.39 Å². The maximum absolute atomic E-state index is 13.0. The van der Waals surface area contributed by atoms with E-state index in [-0.39, 0.29) is 11.4 Å². The van der Waals surface area contributed by atoms with Gasteiger partial charge in [-0.3, -0.25) is 4.90 Å². The molecule has 1 aromatic rings. The first-order valence-electron chi connectivity index (χ1n) is 7.67. The van der Waals surface area contributed by atoms with Gasteiger partial charge in [-0.1, -0.05) is 32.9 Å². The van der Waals surface area contributed by atoms with E-state index in [0.717, 1.165) is 26.1 Å². The Morgan fingerprint density at radius 1 is 1.35 bits per heavy atom. The van der Waals surface area contributed by atoms with Crippen LogP contribution in [0.5, 0.6) is 0 Å². The molecule has 1 aromatic carbocycles. The standard InChI is InChI=1S/C17H27FN2/c1-5-17(4)12-20(16(10-19-17)13(2)3)11-14-6-8-15(18)9-7-14/h6-9,13,16,19H,5,10-12H2,1-4H3. The van der Waals surface area contributed by atoms with Crippen molar-refractivity contribution in [2.75, 3.05) is 13.1 Å². The van der Waals surface area contributed by atoms with Crippen LogP contribution in [0.1, 0.15) is 39.7 Å². The molecule has 112 valence electrons. The average molecular weight is 278 g/mol. The topological polar surface area (TPSA) is 15.3 Å². The molecule has 3 heteroatoms. The molecule has 1 aliphatic heterocycles. The van der Waals surface area contributed by atoms with Crippen molar-refractivity contribution in [2.24, 2.45) is 5.92 Å². The van der Waals surface area contributed by atoms with Crippen LogP contribution in [0.15, 0.2) is 24.3 Å². The molecule has 0 aromatic heterocycles. The monoisotopic (exact) mass is 278 g/mol. The number of hydrogen-bond donors (Lipinski definition) is 1. The van der Waals surface area contributed by atoms with Gasteiger partial charge in [-0.2, -0.15) is 0 Å². The molecule has 1 saturated heterocycles. The zero-order chi connectivity index (χ0) is 14.8. The van der Waals surface area contributed by atoms with Crippen molar-refractivity contribution < 1.29 is 4.39 Å². The van der Waals surface area contributed by atoms with Crippen LogP contribution < -0.4 is 5.32 Å². The lowest BCUT2D eigenvalue weighted by Crippen LogP contribution is -2.63. The minimum atomic E-state index is -0.159. The quantitative estimate of drug-likeness (QED) is 0.908. The van der Waals surface area contributed by atoms with E-state index in [4.69, 9.17) is 0 Å². The lowest BCUT2D eigenvalue weighted by Gasteiger charge is -2.47. The number of hydrogen-bond acceptors (Lipinski definition) is 2. The zero-order valence-electron chi connectivity index (χ0n) is 13.1. The number of halogens is 1. The van der Waals surface area contributed by atoms with E-state index in [1.165, 1.54) is 5.56 Å². The van der Waals surface area contributed by atoms with E-state index in [1.807, 2.05) is 12.1 Å². The van der Waals surface area contributed by atoms with E-state index in [0.29, 0.717) is 12.0 Å². The number of nitrogens with zero attached hydrogens (tertiary/aromatic N) is 1. The van der Waals surface area contributed by atoms with Crippen molar-refractivity contribution in [2.45, 2.75) is 52.2 Å². The molecule has 1 heterocycles. The normalized spacial score (nSPS) is 28.0. The van der Waals surface area contributed by atoms with Crippen LogP contribution in [0.2, 0.25) is 0 Å². The molecule has 1 fully saturated rings. The summed E-state index contributed by atoms with van der Waals surface area (Å²) in [4.78, 5) is 2.55. The number of benzene rings is 1. The highest BCUT2D eigenvalue weighted by Gasteiger charge is 2.35. The van der Waals surface area contributed by atoms with E-state index in [9.17, 15) is 4.39 Å². The van der Waals surface area contributed by atoms with Crippen molar-refractivity contribution in [3.63, 3.8) is 0 Å². The van der Waals surface area contributed by atoms with Gasteiger partial charge >= 0.3 is 0 Å². The van der Waals surface area contributed by atoms with E-state index >= 15 is 0 Å². The second-order valence-electron chi connectivity index (χ2n) is 6.64. The van der Waals surface area contributed by atoms with Gasteiger partial charge in [0.2, 0.25) is 0 Å². The van der Waals surface area contributed by atoms with Crippen LogP contribution in [0.4, 0.5) is 4.39 Å². The summed E-state index contributed by atoms with van der Waals surface area (Å²) in [5, 5.41) is 3.70. The molecule has 0 aliphatic carbocycles. The smallest absolute Gasteiger partial charge is 0.123 e. The van der Waals surface area contributed by atoms with Crippen LogP contribution in [0, 0.1) is 11.7 Å². The highest BCUT2D eigenvalue weighted by molar-refractivity contribution is 5.16. The van der Waals surface area contributed by atoms with Crippen molar-refractivity contribution >= 4 is 0 Å². The first kappa shape index (κ1) is 15.5. The van der Waals surface area contributed by atoms with Gasteiger partial charge in [0.05, 0.1) is 0 Å². The van der Waals surface area contributed by atoms with Crippen molar-refractivity contribution in [1.29, 1.82) is 0 Å². The molecular weight excluding hydrogens is 251 g/mol. The molecule has 0 radical (unpaired) electrons. The second kappa shape index (κ2) is 6.23. The number of piperazine rings is 1. The fraction of sp³-hybridized carbons (Fsp3) is 0.647. The highest BCUT2D eigenvalue weighted by atomic mass is 19.1. The third-order valence-corrected chi connectivity index (χ3v) is 4.61. The predicted octanol–water partition coefficient (Wildman–Crippen LogP) is 3.42. The summed E-state index contributed by atoms with van der Waals surface area (Å²) < 4.78 is 13.0. The Balaban J connectivity index is 2.13. The first-order valence-corrected chi connectivity index (χ1v) is 7.67. The fourth-order valence-electron chi connectivity index (χ4n) is 2.99. The Hall–Kier alpha value is -0.930. The molecule has 2 rings (SSSR count). The Bertz CT molecular complexity index is 429. The summed E-state index contributed by atoms with van der Waals surface area (Å²) in [5.41, 5.74) is 1.38. The fourth-order valence-corrected chi connectivity index (χ4v) is 2.99. The minimum absolute atomic E-state index is 0.159. The van der Waals surface area contributed by atoms with Crippen LogP contribution in [-0.2, 0) is 6.54 Å². The molecule has 20 heavy (non-hydrogen) atoms. The van der Waals surface area contributed by atoms with Gasteiger partial charge in [0.15, 0.2) is 0 Å². The van der Waals surface area contributed by atoms with Crippen molar-refractivity contribution in [3.8, 4) is 0 Å². The Labute approximate surface area is 122 Å². The summed E-state index contributed by atoms with van der Waals surface area (Å²) in [6, 6.07) is 7.46. The van der Waals surface area contributed by atoms with Crippen molar-refractivity contribution in [3.05, 3.63) is 35.6 Å². The first-order chi connectivity index (χ1) is 9.43. The molecule has 0 amide bonds. The van der Waals surface area contributed by atoms with Gasteiger partial charge in [0.1, 0.15) is 5.82 Å². The maximum Gasteiger partial charge on any atom is 0.123 e. The summed E-state index contributed by atoms with van der Waals surface area (Å²) >= 11 is 0. The van der Waals surface area contributed by atoms with Gasteiger partial charge in [-0.05, 0) is 37.0 Å². The van der Waals surface area contributed by atoms with Crippen LogP contribution in [0.25, 0.3) is 0 Å². The highest BCUT2D eigenvalue weighted by Crippen LogP contribution is 2.24. The number of rotatable bonds is 4. The summed E-state index contributed by atoms with van der Waals surface area (Å²) in [6.07, 6.45) is 1.12. The summed E-state index contributed by atoms with van der Waals surface area (Å²) in [7, 11) is 0. The van der Waals surface area contributed by atoms with Gasteiger partial charge in [0.25, 0.3) is 0 Å². The number of nitrogens with one attached hydrogen (secondary N) is 1. The average Bonchev–Trinajstić information content (AvgIpc) is 2.41. The molecule has 0 bridgehead atoms. The van der Waals surface area contributed by atoms with E-state index in [2.05, 4.69) is 37.9 Å². The van der Waals surface area contributed by atoms with Crippen LogP contribution >= 0.6 is 0 Å². The Morgan fingerprint density at radius 2 is 2.00 bits per heavy atom. The lowest BCUT2D eigenvalue weighted by molar-refractivity contribution is 0.0539. The summed E-state index contributed by atoms with van der Waals surface area (Å²) in [5.74, 6) is 0.456. The van der Waals surface area contributed by atoms with Gasteiger partial charge < -0.3 is 5.32 Å². The maximum atomic E-state index is 13.0. The lowest BCUT2D eigenvalue weighted by atomic mass is 9.89. The summed E-state index contributed by atoms with van der Waals surface area (Å²) in [6.45, 7) is 12.1. The minimum Gasteiger partial charge on any atom is -0.309 e. The molecule has 2 nitrogen and oxygen atoms in total. The largest absolute Gasteiger partial charge is 0.309 e. The third kappa shape index (κ3) is 3.58. The SMILES string of the molecule is CCC1(C)CN(Cc2ccc(F)cc2)C(C(C)C)CN1. The Kier molecular flexibility index (Phi) is 4.82. The Morgan fingerprint density at radius 3 is 2.55 bits per heavy atom. The molecule has 1 aliphatic rings. The molecule has 1 N–H and O–H groups in total. The molecule has 2 atom stereocenters. The molecule has 0 saturated carbocycles. The van der Waals surface area contributed by atoms with Gasteiger partial charge in [0, 0.05) is 31.2 Å².